The van der Waals surface area contributed by atoms with Crippen molar-refractivity contribution in [1.82, 2.24) is 24.7 Å². The van der Waals surface area contributed by atoms with Crippen LogP contribution in [0.2, 0.25) is 5.02 Å². The third-order valence-electron chi connectivity index (χ3n) is 11.6. The van der Waals surface area contributed by atoms with Gasteiger partial charge in [-0.1, -0.05) is 66.2 Å². The maximum absolute atomic E-state index is 13.8. The fourth-order valence-electron chi connectivity index (χ4n) is 8.15. The SMILES string of the molecule is CC(Nc1ccc(S(=O)(=O)Nc2ncnc3c2CCN(C2CCN(Cc4ccccc4-c4ccc(Cl)cc4)CC2)C3)cc1[N+](=O)[O-])C(CCN(C)C)CSc1ccccc1. The lowest BCUT2D eigenvalue weighted by Crippen LogP contribution is -2.46. The average molecular weight is 870 g/mol. The van der Waals surface area contributed by atoms with Gasteiger partial charge in [0.15, 0.2) is 0 Å². The number of nitro groups is 1. The molecule has 0 spiro atoms. The number of likely N-dealkylation sites (tertiary alicyclic amines) is 1. The van der Waals surface area contributed by atoms with Crippen molar-refractivity contribution in [1.29, 1.82) is 0 Å². The Balaban J connectivity index is 0.978. The minimum Gasteiger partial charge on any atom is -0.377 e. The van der Waals surface area contributed by atoms with Crippen LogP contribution in [0.3, 0.4) is 0 Å². The van der Waals surface area contributed by atoms with Gasteiger partial charge in [-0.15, -0.1) is 11.8 Å². The number of nitrogens with zero attached hydrogens (tertiary/aromatic N) is 6. The summed E-state index contributed by atoms with van der Waals surface area (Å²) in [5.41, 5.74) is 5.20. The number of benzene rings is 4. The van der Waals surface area contributed by atoms with E-state index in [9.17, 15) is 18.5 Å². The monoisotopic (exact) mass is 868 g/mol. The summed E-state index contributed by atoms with van der Waals surface area (Å²) < 4.78 is 30.3. The van der Waals surface area contributed by atoms with Crippen LogP contribution >= 0.6 is 23.4 Å². The molecule has 2 unspecified atom stereocenters. The first-order valence-corrected chi connectivity index (χ1v) is 23.3. The van der Waals surface area contributed by atoms with Gasteiger partial charge in [0.1, 0.15) is 17.8 Å². The van der Waals surface area contributed by atoms with Crippen molar-refractivity contribution in [2.45, 2.75) is 67.6 Å². The van der Waals surface area contributed by atoms with Gasteiger partial charge in [-0.25, -0.2) is 18.4 Å². The van der Waals surface area contributed by atoms with E-state index >= 15 is 0 Å². The molecule has 15 heteroatoms. The number of fused-ring (bicyclic) bond motifs is 1. The van der Waals surface area contributed by atoms with Crippen molar-refractivity contribution < 1.29 is 13.3 Å². The second-order valence-corrected chi connectivity index (χ2v) is 19.2. The average Bonchev–Trinajstić information content (AvgIpc) is 3.24. The largest absolute Gasteiger partial charge is 0.377 e. The molecule has 7 rings (SSSR count). The maximum Gasteiger partial charge on any atom is 0.293 e. The van der Waals surface area contributed by atoms with E-state index in [1.807, 2.05) is 51.4 Å². The highest BCUT2D eigenvalue weighted by atomic mass is 35.5. The zero-order valence-electron chi connectivity index (χ0n) is 34.3. The minimum atomic E-state index is -4.22. The molecule has 60 heavy (non-hydrogen) atoms. The fraction of sp³-hybridized carbons (Fsp3) is 0.378. The van der Waals surface area contributed by atoms with Gasteiger partial charge in [0.25, 0.3) is 15.7 Å². The normalized spacial score (nSPS) is 16.3. The first-order valence-electron chi connectivity index (χ1n) is 20.5. The minimum absolute atomic E-state index is 0.122. The molecule has 2 N–H and O–H groups in total. The Kier molecular flexibility index (Phi) is 14.4. The van der Waals surface area contributed by atoms with Crippen molar-refractivity contribution in [3.05, 3.63) is 135 Å². The molecule has 0 bridgehead atoms. The molecule has 2 aliphatic heterocycles. The number of nitro benzene ring substituents is 1. The molecule has 316 valence electrons. The van der Waals surface area contributed by atoms with Gasteiger partial charge >= 0.3 is 0 Å². The number of thioether (sulfide) groups is 1. The number of anilines is 2. The lowest BCUT2D eigenvalue weighted by Gasteiger charge is -2.40. The first kappa shape index (κ1) is 43.5. The van der Waals surface area contributed by atoms with E-state index in [0.717, 1.165) is 90.5 Å². The highest BCUT2D eigenvalue weighted by Gasteiger charge is 2.31. The third kappa shape index (κ3) is 11.0. The van der Waals surface area contributed by atoms with Crippen molar-refractivity contribution >= 4 is 50.6 Å². The molecule has 1 saturated heterocycles. The van der Waals surface area contributed by atoms with Crippen LogP contribution in [0, 0.1) is 16.0 Å². The first-order chi connectivity index (χ1) is 28.9. The van der Waals surface area contributed by atoms with E-state index in [-0.39, 0.29) is 34.0 Å². The van der Waals surface area contributed by atoms with E-state index in [1.165, 1.54) is 29.6 Å². The number of sulfonamides is 1. The van der Waals surface area contributed by atoms with Crippen molar-refractivity contribution in [3.8, 4) is 11.1 Å². The third-order valence-corrected chi connectivity index (χ3v) is 14.4. The summed E-state index contributed by atoms with van der Waals surface area (Å²) in [6, 6.07) is 31.0. The molecule has 1 aromatic heterocycles. The van der Waals surface area contributed by atoms with Gasteiger partial charge in [-0.2, -0.15) is 0 Å². The van der Waals surface area contributed by atoms with Crippen LogP contribution in [-0.4, -0.2) is 96.1 Å². The molecule has 0 amide bonds. The van der Waals surface area contributed by atoms with Crippen molar-refractivity contribution in [2.75, 3.05) is 56.1 Å². The molecule has 2 aliphatic rings. The van der Waals surface area contributed by atoms with E-state index < -0.39 is 14.9 Å². The summed E-state index contributed by atoms with van der Waals surface area (Å²) in [5.74, 6) is 1.22. The Bertz CT molecular complexity index is 2350. The molecule has 5 aromatic rings. The quantitative estimate of drug-likeness (QED) is 0.0528. The van der Waals surface area contributed by atoms with Crippen LogP contribution in [0.15, 0.2) is 113 Å². The second kappa shape index (κ2) is 19.9. The van der Waals surface area contributed by atoms with Gasteiger partial charge in [-0.3, -0.25) is 24.6 Å². The summed E-state index contributed by atoms with van der Waals surface area (Å²) in [5, 5.41) is 16.5. The number of aromatic nitrogens is 2. The van der Waals surface area contributed by atoms with E-state index in [4.69, 9.17) is 11.6 Å². The summed E-state index contributed by atoms with van der Waals surface area (Å²) in [4.78, 5) is 28.8. The zero-order chi connectivity index (χ0) is 42.2. The molecule has 4 aromatic carbocycles. The number of hydrogen-bond acceptors (Lipinski definition) is 11. The lowest BCUT2D eigenvalue weighted by molar-refractivity contribution is -0.384. The Labute approximate surface area is 363 Å². The summed E-state index contributed by atoms with van der Waals surface area (Å²) >= 11 is 7.91. The number of rotatable bonds is 17. The molecule has 1 fully saturated rings. The summed E-state index contributed by atoms with van der Waals surface area (Å²) in [6.07, 6.45) is 4.90. The molecule has 0 radical (unpaired) electrons. The van der Waals surface area contributed by atoms with Crippen LogP contribution in [-0.2, 0) is 29.5 Å². The Morgan fingerprint density at radius 1 is 0.967 bits per heavy atom. The molecule has 12 nitrogen and oxygen atoms in total. The predicted molar refractivity (Wildman–Crippen MR) is 242 cm³/mol. The topological polar surface area (TPSA) is 137 Å². The molecule has 2 atom stereocenters. The Morgan fingerprint density at radius 2 is 1.70 bits per heavy atom. The van der Waals surface area contributed by atoms with Crippen LogP contribution in [0.5, 0.6) is 0 Å². The molecule has 3 heterocycles. The molecule has 0 aliphatic carbocycles. The van der Waals surface area contributed by atoms with Crippen LogP contribution < -0.4 is 10.0 Å². The van der Waals surface area contributed by atoms with Crippen LogP contribution in [0.4, 0.5) is 17.2 Å². The van der Waals surface area contributed by atoms with Gasteiger partial charge in [0.05, 0.1) is 15.5 Å². The van der Waals surface area contributed by atoms with E-state index in [1.54, 1.807) is 11.8 Å². The van der Waals surface area contributed by atoms with Crippen LogP contribution in [0.25, 0.3) is 11.1 Å². The van der Waals surface area contributed by atoms with Gasteiger partial charge in [-0.05, 0) is 125 Å². The lowest BCUT2D eigenvalue weighted by atomic mass is 9.96. The van der Waals surface area contributed by atoms with Gasteiger partial charge < -0.3 is 10.2 Å². The predicted octanol–water partition coefficient (Wildman–Crippen LogP) is 8.69. The maximum atomic E-state index is 13.8. The van der Waals surface area contributed by atoms with Gasteiger partial charge in [0, 0.05) is 59.0 Å². The highest BCUT2D eigenvalue weighted by Crippen LogP contribution is 2.34. The number of halogens is 1. The van der Waals surface area contributed by atoms with Crippen molar-refractivity contribution in [3.63, 3.8) is 0 Å². The number of piperidine rings is 1. The van der Waals surface area contributed by atoms with Crippen molar-refractivity contribution in [2.24, 2.45) is 5.92 Å². The molecule has 0 saturated carbocycles. The fourth-order valence-corrected chi connectivity index (χ4v) is 10.5. The Hall–Kier alpha value is -4.57. The standard InChI is InChI=1S/C45H53ClN8O4S2/c1-32(35(19-23-51(2)3)30-59-38-10-5-4-6-11-38)49-42-18-17-39(27-44(42)54(55)56)60(57,58)50-45-41-22-26-53(29-43(41)47-31-48-45)37-20-24-52(25-21-37)28-34-9-7-8-12-40(34)33-13-15-36(46)16-14-33/h4-18,27,31-32,35,37,49H,19-26,28-30H2,1-3H3,(H,47,48,50). The highest BCUT2D eigenvalue weighted by molar-refractivity contribution is 7.99. The van der Waals surface area contributed by atoms with E-state index in [0.29, 0.717) is 19.0 Å². The number of hydrogen-bond donors (Lipinski definition) is 2. The summed E-state index contributed by atoms with van der Waals surface area (Å²) in [6.45, 7) is 7.06. The number of nitrogens with one attached hydrogen (secondary N) is 2. The molecular weight excluding hydrogens is 816 g/mol. The summed E-state index contributed by atoms with van der Waals surface area (Å²) in [7, 11) is -0.160. The van der Waals surface area contributed by atoms with E-state index in [2.05, 4.69) is 83.2 Å². The zero-order valence-corrected chi connectivity index (χ0v) is 36.7. The smallest absolute Gasteiger partial charge is 0.293 e. The molecular formula is C45H53ClN8O4S2. The van der Waals surface area contributed by atoms with Crippen LogP contribution in [0.1, 0.15) is 43.0 Å². The second-order valence-electron chi connectivity index (χ2n) is 16.0. The Morgan fingerprint density at radius 3 is 2.43 bits per heavy atom. The van der Waals surface area contributed by atoms with Gasteiger partial charge in [0.2, 0.25) is 0 Å².